The molecule has 1 aromatic carbocycles. The molecule has 0 heterocycles. The second kappa shape index (κ2) is 4.75. The van der Waals surface area contributed by atoms with Crippen LogP contribution in [-0.2, 0) is 6.42 Å². The van der Waals surface area contributed by atoms with Gasteiger partial charge in [-0.05, 0) is 67.5 Å². The van der Waals surface area contributed by atoms with Gasteiger partial charge in [0.1, 0.15) is 11.9 Å². The van der Waals surface area contributed by atoms with Crippen LogP contribution in [-0.4, -0.2) is 28.0 Å². The lowest BCUT2D eigenvalue weighted by atomic mass is 9.80. The van der Waals surface area contributed by atoms with Crippen LogP contribution in [0.4, 0.5) is 0 Å². The molecule has 3 nitrogen and oxygen atoms in total. The molecule has 0 fully saturated rings. The Morgan fingerprint density at radius 1 is 1.17 bits per heavy atom. The molecule has 0 bridgehead atoms. The first kappa shape index (κ1) is 13.1. The Morgan fingerprint density at radius 3 is 2.44 bits per heavy atom. The van der Waals surface area contributed by atoms with E-state index >= 15 is 0 Å². The van der Waals surface area contributed by atoms with E-state index < -0.39 is 6.10 Å². The van der Waals surface area contributed by atoms with Crippen molar-refractivity contribution >= 4 is 5.57 Å². The van der Waals surface area contributed by atoms with Crippen molar-refractivity contribution in [3.8, 4) is 5.75 Å². The van der Waals surface area contributed by atoms with E-state index in [4.69, 9.17) is 0 Å². The number of rotatable bonds is 2. The van der Waals surface area contributed by atoms with E-state index in [1.54, 1.807) is 6.07 Å². The first-order valence-electron chi connectivity index (χ1n) is 6.28. The number of aliphatic hydroxyl groups excluding tert-OH is 2. The van der Waals surface area contributed by atoms with Crippen molar-refractivity contribution in [3.63, 3.8) is 0 Å². The number of phenols is 1. The summed E-state index contributed by atoms with van der Waals surface area (Å²) in [5.41, 5.74) is 5.91. The number of hydrogen-bond acceptors (Lipinski definition) is 3. The summed E-state index contributed by atoms with van der Waals surface area (Å²) in [6.07, 6.45) is 0.950. The summed E-state index contributed by atoms with van der Waals surface area (Å²) in [6, 6.07) is 1.72. The Labute approximate surface area is 107 Å². The molecular weight excluding hydrogens is 228 g/mol. The minimum atomic E-state index is -0.870. The molecule has 2 rings (SSSR count). The summed E-state index contributed by atoms with van der Waals surface area (Å²) in [6.45, 7) is 5.58. The van der Waals surface area contributed by atoms with Crippen molar-refractivity contribution in [1.82, 2.24) is 0 Å². The van der Waals surface area contributed by atoms with E-state index in [0.29, 0.717) is 0 Å². The molecule has 3 N–H and O–H groups in total. The highest BCUT2D eigenvalue weighted by Gasteiger charge is 2.24. The van der Waals surface area contributed by atoms with Crippen LogP contribution in [0.3, 0.4) is 0 Å². The highest BCUT2D eigenvalue weighted by molar-refractivity contribution is 5.78. The van der Waals surface area contributed by atoms with Crippen molar-refractivity contribution in [3.05, 3.63) is 33.9 Å². The van der Waals surface area contributed by atoms with Crippen molar-refractivity contribution < 1.29 is 15.3 Å². The van der Waals surface area contributed by atoms with E-state index in [9.17, 15) is 15.3 Å². The minimum absolute atomic E-state index is 0.253. The monoisotopic (exact) mass is 248 g/mol. The Balaban J connectivity index is 2.67. The fourth-order valence-electron chi connectivity index (χ4n) is 2.75. The van der Waals surface area contributed by atoms with Gasteiger partial charge >= 0.3 is 0 Å². The van der Waals surface area contributed by atoms with Crippen LogP contribution in [0.1, 0.15) is 35.6 Å². The van der Waals surface area contributed by atoms with Gasteiger partial charge in [-0.3, -0.25) is 0 Å². The molecule has 18 heavy (non-hydrogen) atoms. The predicted octanol–water partition coefficient (Wildman–Crippen LogP) is 2.08. The van der Waals surface area contributed by atoms with E-state index in [-0.39, 0.29) is 12.4 Å². The van der Waals surface area contributed by atoms with Crippen LogP contribution < -0.4 is 0 Å². The summed E-state index contributed by atoms with van der Waals surface area (Å²) in [4.78, 5) is 0. The molecule has 98 valence electrons. The molecule has 3 heteroatoms. The van der Waals surface area contributed by atoms with Crippen molar-refractivity contribution in [2.45, 2.75) is 39.7 Å². The molecule has 1 atom stereocenters. The van der Waals surface area contributed by atoms with Crippen LogP contribution in [0.15, 0.2) is 11.6 Å². The van der Waals surface area contributed by atoms with Gasteiger partial charge in [0.2, 0.25) is 0 Å². The molecule has 0 spiro atoms. The van der Waals surface area contributed by atoms with Gasteiger partial charge < -0.3 is 15.3 Å². The van der Waals surface area contributed by atoms with Gasteiger partial charge in [0, 0.05) is 0 Å². The highest BCUT2D eigenvalue weighted by Crippen LogP contribution is 2.38. The van der Waals surface area contributed by atoms with Crippen molar-refractivity contribution in [2.75, 3.05) is 6.61 Å². The molecule has 0 amide bonds. The second-order valence-corrected chi connectivity index (χ2v) is 5.06. The molecule has 0 aliphatic heterocycles. The summed E-state index contributed by atoms with van der Waals surface area (Å²) in [5.74, 6) is 0.253. The Kier molecular flexibility index (Phi) is 3.46. The molecule has 0 aromatic heterocycles. The topological polar surface area (TPSA) is 60.7 Å². The Bertz CT molecular complexity index is 515. The lowest BCUT2D eigenvalue weighted by Gasteiger charge is -2.27. The van der Waals surface area contributed by atoms with E-state index in [1.165, 1.54) is 5.56 Å². The molecule has 0 saturated heterocycles. The first-order chi connectivity index (χ1) is 8.47. The molecular formula is C15H20O3. The SMILES string of the molecule is CC1=C(C(O)CO)c2cc(O)c(C)c(C)c2CC1. The zero-order valence-corrected chi connectivity index (χ0v) is 11.1. The van der Waals surface area contributed by atoms with Gasteiger partial charge in [0.25, 0.3) is 0 Å². The number of hydrogen-bond donors (Lipinski definition) is 3. The van der Waals surface area contributed by atoms with Gasteiger partial charge in [0.15, 0.2) is 0 Å². The molecule has 1 aliphatic carbocycles. The zero-order valence-electron chi connectivity index (χ0n) is 11.1. The third-order valence-corrected chi connectivity index (χ3v) is 4.01. The molecule has 0 saturated carbocycles. The van der Waals surface area contributed by atoms with Crippen molar-refractivity contribution in [2.24, 2.45) is 0 Å². The molecule has 0 radical (unpaired) electrons. The normalized spacial score (nSPS) is 16.7. The van der Waals surface area contributed by atoms with Gasteiger partial charge in [-0.1, -0.05) is 5.57 Å². The summed E-state index contributed by atoms with van der Waals surface area (Å²) in [5, 5.41) is 29.1. The van der Waals surface area contributed by atoms with Crippen LogP contribution in [0.25, 0.3) is 5.57 Å². The van der Waals surface area contributed by atoms with Crippen molar-refractivity contribution in [1.29, 1.82) is 0 Å². The maximum absolute atomic E-state index is 9.96. The number of phenolic OH excluding ortho intramolecular Hbond substituents is 1. The summed E-state index contributed by atoms with van der Waals surface area (Å²) in [7, 11) is 0. The van der Waals surface area contributed by atoms with Crippen LogP contribution in [0.2, 0.25) is 0 Å². The number of fused-ring (bicyclic) bond motifs is 1. The maximum Gasteiger partial charge on any atom is 0.119 e. The summed E-state index contributed by atoms with van der Waals surface area (Å²) < 4.78 is 0. The average molecular weight is 248 g/mol. The van der Waals surface area contributed by atoms with E-state index in [2.05, 4.69) is 0 Å². The number of allylic oxidation sites excluding steroid dienone is 1. The zero-order chi connectivity index (χ0) is 13.4. The number of benzene rings is 1. The van der Waals surface area contributed by atoms with Gasteiger partial charge in [-0.25, -0.2) is 0 Å². The second-order valence-electron chi connectivity index (χ2n) is 5.06. The maximum atomic E-state index is 9.96. The van der Waals surface area contributed by atoms with Gasteiger partial charge in [0.05, 0.1) is 6.61 Å². The fourth-order valence-corrected chi connectivity index (χ4v) is 2.75. The average Bonchev–Trinajstić information content (AvgIpc) is 2.35. The molecule has 1 unspecified atom stereocenters. The third kappa shape index (κ3) is 1.93. The quantitative estimate of drug-likeness (QED) is 0.751. The van der Waals surface area contributed by atoms with E-state index in [0.717, 1.165) is 40.7 Å². The smallest absolute Gasteiger partial charge is 0.119 e. The Hall–Kier alpha value is -1.32. The predicted molar refractivity (Wildman–Crippen MR) is 71.6 cm³/mol. The molecule has 1 aliphatic rings. The van der Waals surface area contributed by atoms with Crippen LogP contribution >= 0.6 is 0 Å². The standard InChI is InChI=1S/C15H20O3/c1-8-4-5-11-9(2)10(3)13(17)6-12(11)15(8)14(18)7-16/h6,14,16-18H,4-5,7H2,1-3H3. The Morgan fingerprint density at radius 2 is 1.83 bits per heavy atom. The van der Waals surface area contributed by atoms with Gasteiger partial charge in [-0.15, -0.1) is 0 Å². The summed E-state index contributed by atoms with van der Waals surface area (Å²) >= 11 is 0. The highest BCUT2D eigenvalue weighted by atomic mass is 16.3. The third-order valence-electron chi connectivity index (χ3n) is 4.01. The first-order valence-corrected chi connectivity index (χ1v) is 6.28. The number of aliphatic hydroxyl groups is 2. The largest absolute Gasteiger partial charge is 0.508 e. The minimum Gasteiger partial charge on any atom is -0.508 e. The van der Waals surface area contributed by atoms with Gasteiger partial charge in [-0.2, -0.15) is 0 Å². The van der Waals surface area contributed by atoms with E-state index in [1.807, 2.05) is 20.8 Å². The van der Waals surface area contributed by atoms with Crippen LogP contribution in [0, 0.1) is 13.8 Å². The lowest BCUT2D eigenvalue weighted by molar-refractivity contribution is 0.137. The number of aromatic hydroxyl groups is 1. The fraction of sp³-hybridized carbons (Fsp3) is 0.467. The molecule has 1 aromatic rings. The van der Waals surface area contributed by atoms with Crippen LogP contribution in [0.5, 0.6) is 5.75 Å². The lowest BCUT2D eigenvalue weighted by Crippen LogP contribution is -2.20.